The lowest BCUT2D eigenvalue weighted by atomic mass is 10.3. The first kappa shape index (κ1) is 14.9. The summed E-state index contributed by atoms with van der Waals surface area (Å²) in [6.45, 7) is 3.78. The van der Waals surface area contributed by atoms with Gasteiger partial charge in [0.05, 0.1) is 12.8 Å². The zero-order valence-corrected chi connectivity index (χ0v) is 12.4. The highest BCUT2D eigenvalue weighted by molar-refractivity contribution is 6.31. The quantitative estimate of drug-likeness (QED) is 0.878. The van der Waals surface area contributed by atoms with Gasteiger partial charge in [-0.05, 0) is 44.1 Å². The van der Waals surface area contributed by atoms with Crippen LogP contribution in [-0.4, -0.2) is 44.2 Å². The van der Waals surface area contributed by atoms with Crippen molar-refractivity contribution in [2.45, 2.75) is 12.8 Å². The molecule has 110 valence electrons. The van der Waals surface area contributed by atoms with E-state index >= 15 is 0 Å². The normalized spacial score (nSPS) is 15.1. The number of carbonyl (C=O) groups excluding carboxylic acids is 1. The summed E-state index contributed by atoms with van der Waals surface area (Å²) in [6, 6.07) is 4.86. The van der Waals surface area contributed by atoms with Crippen LogP contribution in [0.15, 0.2) is 18.2 Å². The fourth-order valence-electron chi connectivity index (χ4n) is 2.28. The van der Waals surface area contributed by atoms with Gasteiger partial charge in [-0.25, -0.2) is 4.79 Å². The predicted molar refractivity (Wildman–Crippen MR) is 80.7 cm³/mol. The third-order valence-corrected chi connectivity index (χ3v) is 3.56. The number of benzene rings is 1. The van der Waals surface area contributed by atoms with Gasteiger partial charge in [-0.2, -0.15) is 0 Å². The Morgan fingerprint density at radius 1 is 1.40 bits per heavy atom. The van der Waals surface area contributed by atoms with Crippen molar-refractivity contribution in [3.63, 3.8) is 0 Å². The molecule has 0 bridgehead atoms. The van der Waals surface area contributed by atoms with Gasteiger partial charge in [-0.3, -0.25) is 0 Å². The van der Waals surface area contributed by atoms with Gasteiger partial charge in [-0.1, -0.05) is 11.6 Å². The highest BCUT2D eigenvalue weighted by Crippen LogP contribution is 2.27. The average Bonchev–Trinajstić information content (AvgIpc) is 2.92. The first-order valence-corrected chi connectivity index (χ1v) is 7.17. The minimum Gasteiger partial charge on any atom is -0.495 e. The molecule has 2 N–H and O–H groups in total. The SMILES string of the molecule is COc1ccc(Cl)cc1NC(=O)NCCN1CCCC1. The number of hydrogen-bond donors (Lipinski definition) is 2. The van der Waals surface area contributed by atoms with Gasteiger partial charge in [-0.15, -0.1) is 0 Å². The number of likely N-dealkylation sites (tertiary alicyclic amines) is 1. The van der Waals surface area contributed by atoms with Crippen LogP contribution in [0.1, 0.15) is 12.8 Å². The van der Waals surface area contributed by atoms with Crippen molar-refractivity contribution < 1.29 is 9.53 Å². The number of amides is 2. The lowest BCUT2D eigenvalue weighted by Gasteiger charge is -2.15. The second-order valence-electron chi connectivity index (χ2n) is 4.77. The monoisotopic (exact) mass is 297 g/mol. The Hall–Kier alpha value is -1.46. The van der Waals surface area contributed by atoms with E-state index in [-0.39, 0.29) is 6.03 Å². The number of nitrogens with one attached hydrogen (secondary N) is 2. The molecule has 1 aromatic rings. The van der Waals surface area contributed by atoms with Crippen molar-refractivity contribution in [2.24, 2.45) is 0 Å². The number of urea groups is 1. The molecule has 0 unspecified atom stereocenters. The van der Waals surface area contributed by atoms with Crippen molar-refractivity contribution in [3.05, 3.63) is 23.2 Å². The fraction of sp³-hybridized carbons (Fsp3) is 0.500. The third kappa shape index (κ3) is 4.28. The Morgan fingerprint density at radius 3 is 2.85 bits per heavy atom. The van der Waals surface area contributed by atoms with Gasteiger partial charge in [0, 0.05) is 18.1 Å². The number of anilines is 1. The maximum atomic E-state index is 11.8. The van der Waals surface area contributed by atoms with E-state index in [0.717, 1.165) is 19.6 Å². The van der Waals surface area contributed by atoms with E-state index in [2.05, 4.69) is 15.5 Å². The van der Waals surface area contributed by atoms with Crippen LogP contribution in [0.5, 0.6) is 5.75 Å². The molecule has 5 nitrogen and oxygen atoms in total. The Kier molecular flexibility index (Phi) is 5.49. The van der Waals surface area contributed by atoms with Gasteiger partial charge in [0.2, 0.25) is 0 Å². The number of nitrogens with zero attached hydrogens (tertiary/aromatic N) is 1. The average molecular weight is 298 g/mol. The summed E-state index contributed by atoms with van der Waals surface area (Å²) in [4.78, 5) is 14.2. The van der Waals surface area contributed by atoms with Crippen molar-refractivity contribution in [1.29, 1.82) is 0 Å². The van der Waals surface area contributed by atoms with Gasteiger partial charge in [0.15, 0.2) is 0 Å². The van der Waals surface area contributed by atoms with Crippen LogP contribution in [0.2, 0.25) is 5.02 Å². The molecule has 0 aromatic heterocycles. The topological polar surface area (TPSA) is 53.6 Å². The molecule has 2 amide bonds. The summed E-state index contributed by atoms with van der Waals surface area (Å²) in [7, 11) is 1.56. The number of ether oxygens (including phenoxy) is 1. The summed E-state index contributed by atoms with van der Waals surface area (Å²) in [5, 5.41) is 6.14. The van der Waals surface area contributed by atoms with Crippen LogP contribution in [0.25, 0.3) is 0 Å². The van der Waals surface area contributed by atoms with Crippen LogP contribution < -0.4 is 15.4 Å². The van der Waals surface area contributed by atoms with Crippen LogP contribution >= 0.6 is 11.6 Å². The Labute approximate surface area is 124 Å². The van der Waals surface area contributed by atoms with Crippen molar-refractivity contribution in [3.8, 4) is 5.75 Å². The zero-order chi connectivity index (χ0) is 14.4. The van der Waals surface area contributed by atoms with Gasteiger partial charge in [0.1, 0.15) is 5.75 Å². The molecule has 1 aliphatic heterocycles. The van der Waals surface area contributed by atoms with Crippen molar-refractivity contribution in [1.82, 2.24) is 10.2 Å². The molecule has 1 heterocycles. The standard InChI is InChI=1S/C14H20ClN3O2/c1-20-13-5-4-11(15)10-12(13)17-14(19)16-6-9-18-7-2-3-8-18/h4-5,10H,2-3,6-9H2,1H3,(H2,16,17,19). The van der Waals surface area contributed by atoms with Crippen LogP contribution in [0, 0.1) is 0 Å². The van der Waals surface area contributed by atoms with Crippen LogP contribution in [0.4, 0.5) is 10.5 Å². The Bertz CT molecular complexity index is 462. The minimum absolute atomic E-state index is 0.246. The lowest BCUT2D eigenvalue weighted by Crippen LogP contribution is -2.36. The smallest absolute Gasteiger partial charge is 0.319 e. The Balaban J connectivity index is 1.80. The van der Waals surface area contributed by atoms with E-state index < -0.39 is 0 Å². The molecule has 1 aliphatic rings. The first-order valence-electron chi connectivity index (χ1n) is 6.80. The highest BCUT2D eigenvalue weighted by Gasteiger charge is 2.12. The van der Waals surface area contributed by atoms with E-state index in [1.54, 1.807) is 25.3 Å². The van der Waals surface area contributed by atoms with Gasteiger partial charge in [0.25, 0.3) is 0 Å². The maximum Gasteiger partial charge on any atom is 0.319 e. The molecule has 1 saturated heterocycles. The summed E-state index contributed by atoms with van der Waals surface area (Å²) < 4.78 is 5.18. The van der Waals surface area contributed by atoms with E-state index in [1.807, 2.05) is 0 Å². The Morgan fingerprint density at radius 2 is 2.15 bits per heavy atom. The highest BCUT2D eigenvalue weighted by atomic mass is 35.5. The molecule has 20 heavy (non-hydrogen) atoms. The third-order valence-electron chi connectivity index (χ3n) is 3.32. The summed E-state index contributed by atoms with van der Waals surface area (Å²) in [6.07, 6.45) is 2.51. The zero-order valence-electron chi connectivity index (χ0n) is 11.6. The number of halogens is 1. The number of hydrogen-bond acceptors (Lipinski definition) is 3. The van der Waals surface area contributed by atoms with E-state index in [0.29, 0.717) is 23.0 Å². The molecule has 0 aliphatic carbocycles. The molecule has 2 rings (SSSR count). The summed E-state index contributed by atoms with van der Waals surface area (Å²) in [5.74, 6) is 0.587. The molecule has 0 saturated carbocycles. The molecule has 0 atom stereocenters. The second-order valence-corrected chi connectivity index (χ2v) is 5.21. The number of carbonyl (C=O) groups is 1. The first-order chi connectivity index (χ1) is 9.69. The maximum absolute atomic E-state index is 11.8. The molecule has 0 spiro atoms. The lowest BCUT2D eigenvalue weighted by molar-refractivity contribution is 0.249. The molecule has 1 fully saturated rings. The van der Waals surface area contributed by atoms with Crippen molar-refractivity contribution in [2.75, 3.05) is 38.6 Å². The number of rotatable bonds is 5. The van der Waals surface area contributed by atoms with Crippen molar-refractivity contribution >= 4 is 23.3 Å². The molecular formula is C14H20ClN3O2. The second kappa shape index (κ2) is 7.36. The number of methoxy groups -OCH3 is 1. The van der Waals surface area contributed by atoms with E-state index in [9.17, 15) is 4.79 Å². The largest absolute Gasteiger partial charge is 0.495 e. The van der Waals surface area contributed by atoms with E-state index in [1.165, 1.54) is 12.8 Å². The fourth-order valence-corrected chi connectivity index (χ4v) is 2.45. The minimum atomic E-state index is -0.246. The molecule has 6 heteroatoms. The molecule has 0 radical (unpaired) electrons. The van der Waals surface area contributed by atoms with Crippen LogP contribution in [-0.2, 0) is 0 Å². The predicted octanol–water partition coefficient (Wildman–Crippen LogP) is 2.57. The van der Waals surface area contributed by atoms with Gasteiger partial charge >= 0.3 is 6.03 Å². The molecular weight excluding hydrogens is 278 g/mol. The van der Waals surface area contributed by atoms with Crippen LogP contribution in [0.3, 0.4) is 0 Å². The van der Waals surface area contributed by atoms with Gasteiger partial charge < -0.3 is 20.3 Å². The summed E-state index contributed by atoms with van der Waals surface area (Å²) >= 11 is 5.91. The molecule has 1 aromatic carbocycles. The summed E-state index contributed by atoms with van der Waals surface area (Å²) in [5.41, 5.74) is 0.568. The van der Waals surface area contributed by atoms with E-state index in [4.69, 9.17) is 16.3 Å².